The zero-order valence-corrected chi connectivity index (χ0v) is 10.2. The number of alkyl halides is 3. The molecule has 1 aliphatic rings. The number of likely N-dealkylation sites (N-methyl/N-ethyl adjacent to an activating group) is 1. The van der Waals surface area contributed by atoms with Gasteiger partial charge in [-0.05, 0) is 26.0 Å². The first-order chi connectivity index (χ1) is 8.38. The molecule has 1 rings (SSSR count). The molecule has 0 unspecified atom stereocenters. The van der Waals surface area contributed by atoms with Crippen LogP contribution in [0.2, 0.25) is 0 Å². The van der Waals surface area contributed by atoms with E-state index in [4.69, 9.17) is 4.74 Å². The monoisotopic (exact) mass is 266 g/mol. The van der Waals surface area contributed by atoms with Gasteiger partial charge < -0.3 is 10.1 Å². The number of ether oxygens (including phenoxy) is 1. The molecule has 0 bridgehead atoms. The number of halogens is 3. The van der Waals surface area contributed by atoms with Crippen LogP contribution in [-0.4, -0.2) is 50.3 Å². The molecule has 0 saturated carbocycles. The van der Waals surface area contributed by atoms with Crippen LogP contribution in [-0.2, 0) is 9.53 Å². The summed E-state index contributed by atoms with van der Waals surface area (Å²) in [5.74, 6) is -0.102. The summed E-state index contributed by atoms with van der Waals surface area (Å²) >= 11 is 0. The second-order valence-electron chi connectivity index (χ2n) is 4.17. The average Bonchev–Trinajstić information content (AvgIpc) is 2.27. The van der Waals surface area contributed by atoms with Gasteiger partial charge in [0, 0.05) is 13.1 Å². The zero-order chi connectivity index (χ0) is 13.6. The number of nitrogens with zero attached hydrogens (tertiary/aromatic N) is 1. The molecule has 0 spiro atoms. The molecule has 0 aromatic rings. The van der Waals surface area contributed by atoms with Crippen LogP contribution in [0.1, 0.15) is 12.8 Å². The SMILES string of the molecule is CN(CCNC(=O)C1=CCCCO1)CC(F)(F)F. The van der Waals surface area contributed by atoms with Crippen LogP contribution >= 0.6 is 0 Å². The fourth-order valence-corrected chi connectivity index (χ4v) is 1.55. The average molecular weight is 266 g/mol. The Hall–Kier alpha value is -1.24. The lowest BCUT2D eigenvalue weighted by Crippen LogP contribution is -2.38. The minimum absolute atomic E-state index is 0.137. The van der Waals surface area contributed by atoms with Crippen LogP contribution in [0.25, 0.3) is 0 Å². The van der Waals surface area contributed by atoms with Gasteiger partial charge in [-0.2, -0.15) is 13.2 Å². The first-order valence-corrected chi connectivity index (χ1v) is 5.75. The predicted octanol–water partition coefficient (Wildman–Crippen LogP) is 1.29. The van der Waals surface area contributed by atoms with E-state index in [2.05, 4.69) is 5.32 Å². The molecule has 4 nitrogen and oxygen atoms in total. The van der Waals surface area contributed by atoms with E-state index >= 15 is 0 Å². The van der Waals surface area contributed by atoms with Crippen molar-refractivity contribution >= 4 is 5.91 Å². The molecule has 0 aliphatic carbocycles. The van der Waals surface area contributed by atoms with Gasteiger partial charge in [-0.15, -0.1) is 0 Å². The Morgan fingerprint density at radius 3 is 2.83 bits per heavy atom. The van der Waals surface area contributed by atoms with E-state index < -0.39 is 12.7 Å². The van der Waals surface area contributed by atoms with Crippen molar-refractivity contribution in [3.05, 3.63) is 11.8 Å². The van der Waals surface area contributed by atoms with Crippen molar-refractivity contribution in [1.29, 1.82) is 0 Å². The van der Waals surface area contributed by atoms with Crippen LogP contribution in [0.15, 0.2) is 11.8 Å². The summed E-state index contributed by atoms with van der Waals surface area (Å²) in [6, 6.07) is 0. The number of carbonyl (C=O) groups excluding carboxylic acids is 1. The number of hydrogen-bond acceptors (Lipinski definition) is 3. The Labute approximate surface area is 104 Å². The maximum Gasteiger partial charge on any atom is 0.401 e. The first kappa shape index (κ1) is 14.8. The maximum atomic E-state index is 12.0. The van der Waals surface area contributed by atoms with Crippen molar-refractivity contribution in [2.24, 2.45) is 0 Å². The van der Waals surface area contributed by atoms with Gasteiger partial charge in [0.25, 0.3) is 5.91 Å². The number of carbonyl (C=O) groups is 1. The van der Waals surface area contributed by atoms with Gasteiger partial charge in [-0.1, -0.05) is 0 Å². The molecular weight excluding hydrogens is 249 g/mol. The van der Waals surface area contributed by atoms with Gasteiger partial charge in [0.1, 0.15) is 0 Å². The highest BCUT2D eigenvalue weighted by atomic mass is 19.4. The minimum Gasteiger partial charge on any atom is -0.488 e. The second kappa shape index (κ2) is 6.63. The fraction of sp³-hybridized carbons (Fsp3) is 0.727. The third kappa shape index (κ3) is 5.90. The molecular formula is C11H17F3N2O2. The fourth-order valence-electron chi connectivity index (χ4n) is 1.55. The summed E-state index contributed by atoms with van der Waals surface area (Å²) in [5.41, 5.74) is 0. The van der Waals surface area contributed by atoms with Gasteiger partial charge in [-0.3, -0.25) is 9.69 Å². The summed E-state index contributed by atoms with van der Waals surface area (Å²) in [7, 11) is 1.36. The molecule has 0 aromatic heterocycles. The molecule has 1 amide bonds. The minimum atomic E-state index is -4.21. The standard InChI is InChI=1S/C11H17F3N2O2/c1-16(8-11(12,13)14)6-5-15-10(17)9-4-2-3-7-18-9/h4H,2-3,5-8H2,1H3,(H,15,17). The number of allylic oxidation sites excluding steroid dienone is 1. The third-order valence-electron chi connectivity index (χ3n) is 2.39. The molecule has 1 N–H and O–H groups in total. The van der Waals surface area contributed by atoms with E-state index in [0.717, 1.165) is 17.7 Å². The number of amides is 1. The van der Waals surface area contributed by atoms with Gasteiger partial charge in [0.15, 0.2) is 5.76 Å². The lowest BCUT2D eigenvalue weighted by Gasteiger charge is -2.19. The van der Waals surface area contributed by atoms with Crippen molar-refractivity contribution in [3.63, 3.8) is 0 Å². The van der Waals surface area contributed by atoms with Gasteiger partial charge in [-0.25, -0.2) is 0 Å². The number of rotatable bonds is 5. The molecule has 7 heteroatoms. The molecule has 0 radical (unpaired) electrons. The predicted molar refractivity (Wildman–Crippen MR) is 59.8 cm³/mol. The van der Waals surface area contributed by atoms with E-state index in [1.165, 1.54) is 7.05 Å². The molecule has 0 saturated heterocycles. The largest absolute Gasteiger partial charge is 0.488 e. The van der Waals surface area contributed by atoms with Gasteiger partial charge in [0.2, 0.25) is 0 Å². The third-order valence-corrected chi connectivity index (χ3v) is 2.39. The molecule has 0 fully saturated rings. The van der Waals surface area contributed by atoms with E-state index in [1.807, 2.05) is 0 Å². The first-order valence-electron chi connectivity index (χ1n) is 5.75. The van der Waals surface area contributed by atoms with Crippen molar-refractivity contribution in [3.8, 4) is 0 Å². The Morgan fingerprint density at radius 1 is 1.56 bits per heavy atom. The quantitative estimate of drug-likeness (QED) is 0.815. The van der Waals surface area contributed by atoms with E-state index in [1.54, 1.807) is 6.08 Å². The van der Waals surface area contributed by atoms with Crippen molar-refractivity contribution in [2.75, 3.05) is 33.3 Å². The summed E-state index contributed by atoms with van der Waals surface area (Å²) < 4.78 is 41.2. The lowest BCUT2D eigenvalue weighted by molar-refractivity contribution is -0.142. The maximum absolute atomic E-state index is 12.0. The van der Waals surface area contributed by atoms with Crippen LogP contribution in [0, 0.1) is 0 Å². The highest BCUT2D eigenvalue weighted by Gasteiger charge is 2.28. The van der Waals surface area contributed by atoms with Crippen LogP contribution < -0.4 is 5.32 Å². The summed E-state index contributed by atoms with van der Waals surface area (Å²) in [5, 5.41) is 2.53. The Morgan fingerprint density at radius 2 is 2.28 bits per heavy atom. The number of hydrogen-bond donors (Lipinski definition) is 1. The second-order valence-corrected chi connectivity index (χ2v) is 4.17. The Kier molecular flexibility index (Phi) is 5.46. The van der Waals surface area contributed by atoms with E-state index in [9.17, 15) is 18.0 Å². The van der Waals surface area contributed by atoms with Crippen LogP contribution in [0.4, 0.5) is 13.2 Å². The smallest absolute Gasteiger partial charge is 0.401 e. The zero-order valence-electron chi connectivity index (χ0n) is 10.2. The van der Waals surface area contributed by atoms with Crippen molar-refractivity contribution in [1.82, 2.24) is 10.2 Å². The molecule has 0 aromatic carbocycles. The van der Waals surface area contributed by atoms with Gasteiger partial charge >= 0.3 is 6.18 Å². The Bertz CT molecular complexity index is 316. The van der Waals surface area contributed by atoms with E-state index in [0.29, 0.717) is 6.61 Å². The lowest BCUT2D eigenvalue weighted by atomic mass is 10.2. The molecule has 0 atom stereocenters. The highest BCUT2D eigenvalue weighted by Crippen LogP contribution is 2.15. The Balaban J connectivity index is 2.21. The molecule has 1 heterocycles. The molecule has 18 heavy (non-hydrogen) atoms. The van der Waals surface area contributed by atoms with Crippen molar-refractivity contribution in [2.45, 2.75) is 19.0 Å². The number of nitrogens with one attached hydrogen (secondary N) is 1. The summed E-state index contributed by atoms with van der Waals surface area (Å²) in [4.78, 5) is 12.6. The van der Waals surface area contributed by atoms with Crippen LogP contribution in [0.5, 0.6) is 0 Å². The summed E-state index contributed by atoms with van der Waals surface area (Å²) in [6.07, 6.45) is -0.853. The highest BCUT2D eigenvalue weighted by molar-refractivity contribution is 5.91. The normalized spacial score (nSPS) is 16.2. The van der Waals surface area contributed by atoms with E-state index in [-0.39, 0.29) is 24.8 Å². The van der Waals surface area contributed by atoms with Crippen LogP contribution in [0.3, 0.4) is 0 Å². The topological polar surface area (TPSA) is 41.6 Å². The van der Waals surface area contributed by atoms with Gasteiger partial charge in [0.05, 0.1) is 13.2 Å². The molecule has 1 aliphatic heterocycles. The van der Waals surface area contributed by atoms with Crippen molar-refractivity contribution < 1.29 is 22.7 Å². The molecule has 104 valence electrons. The summed E-state index contributed by atoms with van der Waals surface area (Å²) in [6.45, 7) is -0.181.